The Morgan fingerprint density at radius 2 is 2.21 bits per heavy atom. The van der Waals surface area contributed by atoms with Crippen molar-refractivity contribution in [3.05, 3.63) is 27.8 Å². The van der Waals surface area contributed by atoms with Crippen LogP contribution in [0.1, 0.15) is 27.9 Å². The monoisotopic (exact) mass is 281 g/mol. The maximum Gasteiger partial charge on any atom is 0.339 e. The SMILES string of the molecule is C#Cc1c(N)c(CCCOC)cc(C(=O)OC)c1Cl. The summed E-state index contributed by atoms with van der Waals surface area (Å²) in [6.07, 6.45) is 6.81. The number of carbonyl (C=O) groups excluding carboxylic acids is 1. The molecule has 2 N–H and O–H groups in total. The average molecular weight is 282 g/mol. The summed E-state index contributed by atoms with van der Waals surface area (Å²) >= 11 is 6.07. The highest BCUT2D eigenvalue weighted by molar-refractivity contribution is 6.35. The largest absolute Gasteiger partial charge is 0.465 e. The van der Waals surface area contributed by atoms with Crippen LogP contribution in [-0.4, -0.2) is 26.8 Å². The van der Waals surface area contributed by atoms with Crippen molar-refractivity contribution in [3.8, 4) is 12.3 Å². The van der Waals surface area contributed by atoms with Gasteiger partial charge in [0.25, 0.3) is 0 Å². The summed E-state index contributed by atoms with van der Waals surface area (Å²) in [7, 11) is 2.91. The predicted molar refractivity (Wildman–Crippen MR) is 75.3 cm³/mol. The average Bonchev–Trinajstić information content (AvgIpc) is 2.41. The molecule has 0 radical (unpaired) electrons. The van der Waals surface area contributed by atoms with Crippen molar-refractivity contribution in [1.29, 1.82) is 0 Å². The molecule has 0 aliphatic rings. The minimum atomic E-state index is -0.533. The Morgan fingerprint density at radius 3 is 2.74 bits per heavy atom. The Morgan fingerprint density at radius 1 is 1.53 bits per heavy atom. The van der Waals surface area contributed by atoms with Gasteiger partial charge < -0.3 is 15.2 Å². The zero-order valence-electron chi connectivity index (χ0n) is 11.0. The summed E-state index contributed by atoms with van der Waals surface area (Å²) in [6.45, 7) is 0.598. The van der Waals surface area contributed by atoms with E-state index in [0.717, 1.165) is 12.0 Å². The first kappa shape index (κ1) is 15.4. The van der Waals surface area contributed by atoms with Crippen molar-refractivity contribution in [2.24, 2.45) is 0 Å². The predicted octanol–water partition coefficient (Wildman–Crippen LogP) is 2.27. The Labute approximate surface area is 117 Å². The first-order valence-electron chi connectivity index (χ1n) is 5.71. The lowest BCUT2D eigenvalue weighted by Crippen LogP contribution is -2.08. The number of benzene rings is 1. The van der Waals surface area contributed by atoms with Crippen molar-refractivity contribution in [2.45, 2.75) is 12.8 Å². The third kappa shape index (κ3) is 3.40. The molecular formula is C14H16ClNO3. The summed E-state index contributed by atoms with van der Waals surface area (Å²) in [5, 5.41) is 0.155. The van der Waals surface area contributed by atoms with Crippen LogP contribution < -0.4 is 5.73 Å². The van der Waals surface area contributed by atoms with Crippen molar-refractivity contribution in [1.82, 2.24) is 0 Å². The molecule has 1 aromatic carbocycles. The van der Waals surface area contributed by atoms with E-state index in [1.165, 1.54) is 7.11 Å². The third-order valence-corrected chi connectivity index (χ3v) is 3.13. The number of aryl methyl sites for hydroxylation is 1. The summed E-state index contributed by atoms with van der Waals surface area (Å²) < 4.78 is 9.66. The maximum atomic E-state index is 11.7. The number of ether oxygens (including phenoxy) is 2. The van der Waals surface area contributed by atoms with Crippen LogP contribution in [0.5, 0.6) is 0 Å². The van der Waals surface area contributed by atoms with Gasteiger partial charge >= 0.3 is 5.97 Å². The van der Waals surface area contributed by atoms with E-state index in [4.69, 9.17) is 28.5 Å². The molecule has 0 saturated heterocycles. The van der Waals surface area contributed by atoms with Crippen LogP contribution in [0.15, 0.2) is 6.07 Å². The zero-order valence-corrected chi connectivity index (χ0v) is 11.7. The van der Waals surface area contributed by atoms with Gasteiger partial charge in [0.15, 0.2) is 0 Å². The molecule has 0 heterocycles. The van der Waals surface area contributed by atoms with Crippen LogP contribution in [0.25, 0.3) is 0 Å². The lowest BCUT2D eigenvalue weighted by Gasteiger charge is -2.12. The molecule has 4 nitrogen and oxygen atoms in total. The Balaban J connectivity index is 3.24. The number of nitrogens with two attached hydrogens (primary N) is 1. The fraction of sp³-hybridized carbons (Fsp3) is 0.357. The number of nitrogen functional groups attached to an aromatic ring is 1. The number of hydrogen-bond donors (Lipinski definition) is 1. The lowest BCUT2D eigenvalue weighted by molar-refractivity contribution is 0.0601. The molecule has 5 heteroatoms. The maximum absolute atomic E-state index is 11.7. The smallest absolute Gasteiger partial charge is 0.339 e. The van der Waals surface area contributed by atoms with Crippen LogP contribution in [0.3, 0.4) is 0 Å². The molecule has 0 aliphatic carbocycles. The van der Waals surface area contributed by atoms with Gasteiger partial charge in [0.2, 0.25) is 0 Å². The van der Waals surface area contributed by atoms with Gasteiger partial charge in [-0.2, -0.15) is 0 Å². The molecule has 0 aliphatic heterocycles. The van der Waals surface area contributed by atoms with E-state index >= 15 is 0 Å². The van der Waals surface area contributed by atoms with Gasteiger partial charge in [-0.25, -0.2) is 4.79 Å². The van der Waals surface area contributed by atoms with E-state index in [1.54, 1.807) is 13.2 Å². The van der Waals surface area contributed by atoms with Crippen LogP contribution in [0.2, 0.25) is 5.02 Å². The van der Waals surface area contributed by atoms with Crippen molar-refractivity contribution in [2.75, 3.05) is 26.6 Å². The Hall–Kier alpha value is -1.70. The summed E-state index contributed by atoms with van der Waals surface area (Å²) in [6, 6.07) is 1.62. The van der Waals surface area contributed by atoms with E-state index < -0.39 is 5.97 Å². The van der Waals surface area contributed by atoms with Crippen LogP contribution in [0, 0.1) is 12.3 Å². The first-order chi connectivity index (χ1) is 9.06. The quantitative estimate of drug-likeness (QED) is 0.389. The van der Waals surface area contributed by atoms with Gasteiger partial charge in [-0.05, 0) is 24.5 Å². The van der Waals surface area contributed by atoms with Crippen molar-refractivity contribution >= 4 is 23.3 Å². The van der Waals surface area contributed by atoms with E-state index in [1.807, 2.05) is 0 Å². The number of anilines is 1. The van der Waals surface area contributed by atoms with Gasteiger partial charge in [-0.1, -0.05) is 17.5 Å². The second-order valence-electron chi connectivity index (χ2n) is 3.92. The number of hydrogen-bond acceptors (Lipinski definition) is 4. The van der Waals surface area contributed by atoms with Crippen LogP contribution in [0.4, 0.5) is 5.69 Å². The molecule has 1 aromatic rings. The highest BCUT2D eigenvalue weighted by Crippen LogP contribution is 2.30. The van der Waals surface area contributed by atoms with Gasteiger partial charge in [-0.3, -0.25) is 0 Å². The number of methoxy groups -OCH3 is 2. The molecule has 0 atom stereocenters. The number of rotatable bonds is 5. The van der Waals surface area contributed by atoms with Crippen LogP contribution in [-0.2, 0) is 15.9 Å². The minimum Gasteiger partial charge on any atom is -0.465 e. The topological polar surface area (TPSA) is 61.5 Å². The second kappa shape index (κ2) is 7.03. The van der Waals surface area contributed by atoms with Crippen LogP contribution >= 0.6 is 11.6 Å². The van der Waals surface area contributed by atoms with E-state index in [0.29, 0.717) is 24.3 Å². The number of halogens is 1. The lowest BCUT2D eigenvalue weighted by atomic mass is 9.99. The molecule has 0 saturated carbocycles. The van der Waals surface area contributed by atoms with E-state index in [-0.39, 0.29) is 10.6 Å². The first-order valence-corrected chi connectivity index (χ1v) is 6.09. The van der Waals surface area contributed by atoms with Gasteiger partial charge in [-0.15, -0.1) is 6.42 Å². The molecule has 0 bridgehead atoms. The minimum absolute atomic E-state index is 0.155. The Kier molecular flexibility index (Phi) is 5.68. The molecule has 0 fully saturated rings. The second-order valence-corrected chi connectivity index (χ2v) is 4.30. The van der Waals surface area contributed by atoms with Gasteiger partial charge in [0, 0.05) is 13.7 Å². The molecule has 0 amide bonds. The van der Waals surface area contributed by atoms with Crippen molar-refractivity contribution in [3.63, 3.8) is 0 Å². The summed E-state index contributed by atoms with van der Waals surface area (Å²) in [5.74, 6) is 1.88. The molecule has 0 unspecified atom stereocenters. The fourth-order valence-electron chi connectivity index (χ4n) is 1.74. The highest BCUT2D eigenvalue weighted by Gasteiger charge is 2.18. The van der Waals surface area contributed by atoms with E-state index in [2.05, 4.69) is 10.7 Å². The van der Waals surface area contributed by atoms with Crippen molar-refractivity contribution < 1.29 is 14.3 Å². The summed E-state index contributed by atoms with van der Waals surface area (Å²) in [4.78, 5) is 11.7. The summed E-state index contributed by atoms with van der Waals surface area (Å²) in [5.41, 5.74) is 7.73. The molecule has 19 heavy (non-hydrogen) atoms. The van der Waals surface area contributed by atoms with E-state index in [9.17, 15) is 4.79 Å². The molecule has 0 spiro atoms. The number of terminal acetylenes is 1. The normalized spacial score (nSPS) is 10.0. The Bertz CT molecular complexity index is 520. The third-order valence-electron chi connectivity index (χ3n) is 2.73. The number of carbonyl (C=O) groups is 1. The zero-order chi connectivity index (χ0) is 14.4. The fourth-order valence-corrected chi connectivity index (χ4v) is 2.03. The molecule has 102 valence electrons. The standard InChI is InChI=1S/C14H16ClNO3/c1-4-10-12(15)11(14(17)19-3)8-9(13(10)16)6-5-7-18-2/h1,8H,5-7,16H2,2-3H3. The number of esters is 1. The molecule has 0 aromatic heterocycles. The molecule has 1 rings (SSSR count). The van der Waals surface area contributed by atoms with Gasteiger partial charge in [0.05, 0.1) is 28.9 Å². The molecular weight excluding hydrogens is 266 g/mol. The highest BCUT2D eigenvalue weighted by atomic mass is 35.5. The van der Waals surface area contributed by atoms with Gasteiger partial charge in [0.1, 0.15) is 0 Å².